The van der Waals surface area contributed by atoms with Crippen LogP contribution in [0.15, 0.2) is 50.2 Å². The van der Waals surface area contributed by atoms with Crippen molar-refractivity contribution < 1.29 is 9.52 Å². The Balaban J connectivity index is 1.78. The molecular formula is C26H31N5O3. The molecule has 0 amide bonds. The van der Waals surface area contributed by atoms with Crippen molar-refractivity contribution >= 4 is 5.71 Å². The van der Waals surface area contributed by atoms with Crippen LogP contribution in [0.1, 0.15) is 75.8 Å². The average molecular weight is 462 g/mol. The quantitative estimate of drug-likeness (QED) is 0.483. The second-order valence-corrected chi connectivity index (χ2v) is 8.78. The molecule has 34 heavy (non-hydrogen) atoms. The van der Waals surface area contributed by atoms with Gasteiger partial charge in [0.1, 0.15) is 5.82 Å². The number of aromatic hydroxyl groups is 1. The van der Waals surface area contributed by atoms with E-state index < -0.39 is 0 Å². The van der Waals surface area contributed by atoms with Gasteiger partial charge in [0, 0.05) is 17.8 Å². The number of fused-ring (bicyclic) bond motifs is 1. The maximum absolute atomic E-state index is 13.8. The van der Waals surface area contributed by atoms with Crippen molar-refractivity contribution in [1.29, 1.82) is 0 Å². The van der Waals surface area contributed by atoms with Gasteiger partial charge in [0.05, 0.1) is 12.5 Å². The van der Waals surface area contributed by atoms with Gasteiger partial charge in [0.2, 0.25) is 11.8 Å². The van der Waals surface area contributed by atoms with Crippen molar-refractivity contribution in [2.75, 3.05) is 0 Å². The van der Waals surface area contributed by atoms with Crippen LogP contribution in [0.4, 0.5) is 0 Å². The lowest BCUT2D eigenvalue weighted by molar-refractivity contribution is 0.427. The second-order valence-electron chi connectivity index (χ2n) is 8.78. The summed E-state index contributed by atoms with van der Waals surface area (Å²) in [6.07, 6.45) is 6.34. The van der Waals surface area contributed by atoms with Gasteiger partial charge < -0.3 is 9.52 Å². The van der Waals surface area contributed by atoms with Crippen molar-refractivity contribution in [3.05, 3.63) is 69.2 Å². The summed E-state index contributed by atoms with van der Waals surface area (Å²) in [7, 11) is 0. The first-order valence-corrected chi connectivity index (χ1v) is 11.8. The second kappa shape index (κ2) is 10.2. The number of aryl methyl sites for hydroxylation is 2. The van der Waals surface area contributed by atoms with Crippen LogP contribution in [0, 0.1) is 0 Å². The normalized spacial score (nSPS) is 15.4. The molecule has 0 fully saturated rings. The number of allylic oxidation sites excluding steroid dienone is 2. The zero-order valence-electron chi connectivity index (χ0n) is 20.2. The highest BCUT2D eigenvalue weighted by molar-refractivity contribution is 5.80. The van der Waals surface area contributed by atoms with E-state index in [0.29, 0.717) is 24.6 Å². The average Bonchev–Trinajstić information content (AvgIpc) is 3.44. The standard InChI is InChI=1S/C26H31N5O3/c1-5-7-12-21-28-24(32)23(25-30-29-22(34-25)15-18(6-2)27-16(3)4)26(33)31(21)20-14-13-17-10-8-9-11-19(17)20/h6,8-11,20,32H,5,7,12-15H2,1-4H3/b18-6-/t20-/m0/s1. The molecule has 0 aliphatic heterocycles. The molecule has 178 valence electrons. The van der Waals surface area contributed by atoms with E-state index in [4.69, 9.17) is 4.42 Å². The lowest BCUT2D eigenvalue weighted by Gasteiger charge is -2.20. The lowest BCUT2D eigenvalue weighted by atomic mass is 10.1. The molecule has 8 nitrogen and oxygen atoms in total. The summed E-state index contributed by atoms with van der Waals surface area (Å²) in [4.78, 5) is 22.7. The van der Waals surface area contributed by atoms with Gasteiger partial charge in [0.25, 0.3) is 11.4 Å². The fourth-order valence-electron chi connectivity index (χ4n) is 4.46. The molecule has 0 radical (unpaired) electrons. The molecule has 1 aliphatic carbocycles. The number of aromatic nitrogens is 4. The molecule has 2 aromatic heterocycles. The maximum atomic E-state index is 13.8. The smallest absolute Gasteiger partial charge is 0.270 e. The summed E-state index contributed by atoms with van der Waals surface area (Å²) in [5.74, 6) is 0.500. The summed E-state index contributed by atoms with van der Waals surface area (Å²) in [6, 6.07) is 8.04. The Hall–Kier alpha value is -3.55. The number of benzene rings is 1. The van der Waals surface area contributed by atoms with Gasteiger partial charge in [0.15, 0.2) is 5.56 Å². The predicted molar refractivity (Wildman–Crippen MR) is 131 cm³/mol. The summed E-state index contributed by atoms with van der Waals surface area (Å²) >= 11 is 0. The molecule has 3 aromatic rings. The first-order valence-electron chi connectivity index (χ1n) is 11.8. The van der Waals surface area contributed by atoms with E-state index in [9.17, 15) is 9.90 Å². The molecule has 4 rings (SSSR count). The largest absolute Gasteiger partial charge is 0.493 e. The maximum Gasteiger partial charge on any atom is 0.270 e. The summed E-state index contributed by atoms with van der Waals surface area (Å²) in [5, 5.41) is 18.9. The lowest BCUT2D eigenvalue weighted by Crippen LogP contribution is -2.30. The topological polar surface area (TPSA) is 106 Å². The van der Waals surface area contributed by atoms with Gasteiger partial charge in [-0.2, -0.15) is 4.98 Å². The molecular weight excluding hydrogens is 430 g/mol. The van der Waals surface area contributed by atoms with E-state index in [2.05, 4.69) is 39.2 Å². The molecule has 0 saturated carbocycles. The molecule has 1 N–H and O–H groups in total. The highest BCUT2D eigenvalue weighted by atomic mass is 16.4. The van der Waals surface area contributed by atoms with Crippen LogP contribution in [0.5, 0.6) is 5.88 Å². The van der Waals surface area contributed by atoms with E-state index in [-0.39, 0.29) is 28.9 Å². The van der Waals surface area contributed by atoms with Crippen molar-refractivity contribution in [2.45, 2.75) is 72.3 Å². The third-order valence-electron chi connectivity index (χ3n) is 6.05. The molecule has 0 spiro atoms. The highest BCUT2D eigenvalue weighted by Crippen LogP contribution is 2.35. The predicted octanol–water partition coefficient (Wildman–Crippen LogP) is 4.80. The SMILES string of the molecule is C/C=C(/Cc1nnc(-c2c(O)nc(CCCC)n([C@H]3CCc4ccccc43)c2=O)o1)N=C(C)C. The van der Waals surface area contributed by atoms with E-state index in [1.165, 1.54) is 5.56 Å². The third kappa shape index (κ3) is 4.71. The molecule has 8 heteroatoms. The van der Waals surface area contributed by atoms with Gasteiger partial charge in [-0.15, -0.1) is 10.2 Å². The van der Waals surface area contributed by atoms with Crippen LogP contribution < -0.4 is 5.56 Å². The van der Waals surface area contributed by atoms with Gasteiger partial charge in [-0.1, -0.05) is 43.7 Å². The minimum Gasteiger partial charge on any atom is -0.493 e. The first kappa shape index (κ1) is 23.6. The third-order valence-corrected chi connectivity index (χ3v) is 6.05. The van der Waals surface area contributed by atoms with Crippen LogP contribution in [0.25, 0.3) is 11.5 Å². The van der Waals surface area contributed by atoms with E-state index in [1.54, 1.807) is 4.57 Å². The molecule has 0 unspecified atom stereocenters. The van der Waals surface area contributed by atoms with Crippen LogP contribution in [0.3, 0.4) is 0 Å². The van der Waals surface area contributed by atoms with Crippen molar-refractivity contribution in [3.63, 3.8) is 0 Å². The van der Waals surface area contributed by atoms with Gasteiger partial charge in [-0.05, 0) is 51.2 Å². The minimum atomic E-state index is -0.373. The molecule has 1 aromatic carbocycles. The summed E-state index contributed by atoms with van der Waals surface area (Å²) in [6.45, 7) is 7.80. The van der Waals surface area contributed by atoms with Crippen molar-refractivity contribution in [1.82, 2.24) is 19.7 Å². The number of hydrogen-bond donors (Lipinski definition) is 1. The van der Waals surface area contributed by atoms with Crippen molar-refractivity contribution in [3.8, 4) is 17.3 Å². The van der Waals surface area contributed by atoms with E-state index in [1.807, 2.05) is 39.0 Å². The monoisotopic (exact) mass is 461 g/mol. The van der Waals surface area contributed by atoms with Crippen LogP contribution in [-0.2, 0) is 19.3 Å². The number of rotatable bonds is 8. The zero-order valence-corrected chi connectivity index (χ0v) is 20.2. The van der Waals surface area contributed by atoms with Crippen LogP contribution in [0.2, 0.25) is 0 Å². The molecule has 1 atom stereocenters. The van der Waals surface area contributed by atoms with Gasteiger partial charge >= 0.3 is 0 Å². The fraction of sp³-hybridized carbons (Fsp3) is 0.423. The Labute approximate surface area is 199 Å². The first-order chi connectivity index (χ1) is 16.4. The van der Waals surface area contributed by atoms with E-state index in [0.717, 1.165) is 42.7 Å². The molecule has 2 heterocycles. The van der Waals surface area contributed by atoms with Gasteiger partial charge in [-0.3, -0.25) is 14.4 Å². The molecule has 1 aliphatic rings. The molecule has 0 bridgehead atoms. The number of nitrogens with zero attached hydrogens (tertiary/aromatic N) is 5. The Morgan fingerprint density at radius 1 is 1.29 bits per heavy atom. The van der Waals surface area contributed by atoms with Crippen molar-refractivity contribution in [2.24, 2.45) is 4.99 Å². The number of aliphatic imine (C=N–C) groups is 1. The Morgan fingerprint density at radius 2 is 2.09 bits per heavy atom. The van der Waals surface area contributed by atoms with Crippen LogP contribution >= 0.6 is 0 Å². The van der Waals surface area contributed by atoms with Crippen LogP contribution in [-0.4, -0.2) is 30.6 Å². The zero-order chi connectivity index (χ0) is 24.2. The Bertz CT molecular complexity index is 1300. The summed E-state index contributed by atoms with van der Waals surface area (Å²) in [5.41, 5.74) is 3.65. The molecule has 0 saturated heterocycles. The summed E-state index contributed by atoms with van der Waals surface area (Å²) < 4.78 is 7.53. The van der Waals surface area contributed by atoms with E-state index >= 15 is 0 Å². The number of hydrogen-bond acceptors (Lipinski definition) is 7. The minimum absolute atomic E-state index is 0.0280. The fourth-order valence-corrected chi connectivity index (χ4v) is 4.46. The highest BCUT2D eigenvalue weighted by Gasteiger charge is 2.30. The number of unbranched alkanes of at least 4 members (excludes halogenated alkanes) is 1. The van der Waals surface area contributed by atoms with Gasteiger partial charge in [-0.25, -0.2) is 0 Å². The Morgan fingerprint density at radius 3 is 2.82 bits per heavy atom. The Kier molecular flexibility index (Phi) is 7.05.